The lowest BCUT2D eigenvalue weighted by molar-refractivity contribution is -0.119. The average Bonchev–Trinajstić information content (AvgIpc) is 2.13. The maximum atomic E-state index is 11.2. The molecule has 0 fully saturated rings. The number of aryl methyl sites for hydroxylation is 1. The van der Waals surface area contributed by atoms with Gasteiger partial charge in [-0.15, -0.1) is 0 Å². The van der Waals surface area contributed by atoms with E-state index in [1.807, 2.05) is 39.0 Å². The summed E-state index contributed by atoms with van der Waals surface area (Å²) < 4.78 is 0. The molecular formula is C11H17N3O. The molecule has 4 nitrogen and oxygen atoms in total. The molecule has 1 heterocycles. The number of primary amides is 1. The minimum absolute atomic E-state index is 0.143. The second kappa shape index (κ2) is 4.77. The first kappa shape index (κ1) is 11.5. The lowest BCUT2D eigenvalue weighted by Gasteiger charge is -2.19. The largest absolute Gasteiger partial charge is 0.368 e. The maximum absolute atomic E-state index is 11.2. The molecule has 3 N–H and O–H groups in total. The average molecular weight is 207 g/mol. The van der Waals surface area contributed by atoms with E-state index in [9.17, 15) is 4.79 Å². The number of nitrogens with two attached hydrogens (primary N) is 1. The number of pyridine rings is 1. The molecule has 82 valence electrons. The van der Waals surface area contributed by atoms with Crippen molar-refractivity contribution in [2.45, 2.75) is 26.8 Å². The highest BCUT2D eigenvalue weighted by atomic mass is 16.1. The van der Waals surface area contributed by atoms with Crippen molar-refractivity contribution in [3.8, 4) is 0 Å². The summed E-state index contributed by atoms with van der Waals surface area (Å²) in [5, 5.41) is 3.03. The number of aromatic nitrogens is 1. The van der Waals surface area contributed by atoms with E-state index in [1.165, 1.54) is 0 Å². The predicted molar refractivity (Wildman–Crippen MR) is 60.4 cm³/mol. The lowest BCUT2D eigenvalue weighted by atomic mass is 10.0. The molecule has 0 saturated heterocycles. The number of hydrogen-bond acceptors (Lipinski definition) is 3. The quantitative estimate of drug-likeness (QED) is 0.782. The number of amides is 1. The van der Waals surface area contributed by atoms with Crippen molar-refractivity contribution in [3.63, 3.8) is 0 Å². The second-order valence-corrected chi connectivity index (χ2v) is 3.93. The van der Waals surface area contributed by atoms with Gasteiger partial charge in [0.15, 0.2) is 0 Å². The summed E-state index contributed by atoms with van der Waals surface area (Å²) in [4.78, 5) is 15.4. The fraction of sp³-hybridized carbons (Fsp3) is 0.455. The van der Waals surface area contributed by atoms with Crippen LogP contribution >= 0.6 is 0 Å². The van der Waals surface area contributed by atoms with Gasteiger partial charge in [0, 0.05) is 5.69 Å². The first-order valence-corrected chi connectivity index (χ1v) is 5.00. The third-order valence-corrected chi connectivity index (χ3v) is 2.16. The number of carbonyl (C=O) groups is 1. The molecule has 0 saturated carbocycles. The Morgan fingerprint density at radius 1 is 1.47 bits per heavy atom. The van der Waals surface area contributed by atoms with Gasteiger partial charge in [-0.3, -0.25) is 4.79 Å². The van der Waals surface area contributed by atoms with Crippen LogP contribution in [0.5, 0.6) is 0 Å². The normalized spacial score (nSPS) is 12.5. The molecule has 1 unspecified atom stereocenters. The number of carbonyl (C=O) groups excluding carboxylic acids is 1. The molecule has 0 spiro atoms. The SMILES string of the molecule is Cc1cccc(NC(C(N)=O)C(C)C)n1. The summed E-state index contributed by atoms with van der Waals surface area (Å²) in [5.41, 5.74) is 6.20. The Kier molecular flexibility index (Phi) is 3.66. The van der Waals surface area contributed by atoms with Crippen molar-refractivity contribution in [3.05, 3.63) is 23.9 Å². The van der Waals surface area contributed by atoms with Crippen LogP contribution in [-0.4, -0.2) is 16.9 Å². The zero-order valence-electron chi connectivity index (χ0n) is 9.32. The standard InChI is InChI=1S/C11H17N3O/c1-7(2)10(11(12)15)14-9-6-4-5-8(3)13-9/h4-7,10H,1-3H3,(H2,12,15)(H,13,14). The zero-order chi connectivity index (χ0) is 11.4. The third kappa shape index (κ3) is 3.23. The summed E-state index contributed by atoms with van der Waals surface area (Å²) in [7, 11) is 0. The topological polar surface area (TPSA) is 68.0 Å². The number of rotatable bonds is 4. The summed E-state index contributed by atoms with van der Waals surface area (Å²) in [6.45, 7) is 5.79. The van der Waals surface area contributed by atoms with Crippen molar-refractivity contribution in [2.24, 2.45) is 11.7 Å². The van der Waals surface area contributed by atoms with E-state index < -0.39 is 0 Å². The van der Waals surface area contributed by atoms with Gasteiger partial charge < -0.3 is 11.1 Å². The second-order valence-electron chi connectivity index (χ2n) is 3.93. The molecule has 0 aliphatic rings. The van der Waals surface area contributed by atoms with Gasteiger partial charge in [-0.2, -0.15) is 0 Å². The Morgan fingerprint density at radius 2 is 2.13 bits per heavy atom. The van der Waals surface area contributed by atoms with Crippen molar-refractivity contribution < 1.29 is 4.79 Å². The highest BCUT2D eigenvalue weighted by Crippen LogP contribution is 2.10. The molecule has 1 amide bonds. The van der Waals surface area contributed by atoms with Gasteiger partial charge in [0.05, 0.1) is 0 Å². The molecular weight excluding hydrogens is 190 g/mol. The van der Waals surface area contributed by atoms with E-state index in [4.69, 9.17) is 5.73 Å². The fourth-order valence-electron chi connectivity index (χ4n) is 1.35. The zero-order valence-corrected chi connectivity index (χ0v) is 9.32. The molecule has 1 atom stereocenters. The van der Waals surface area contributed by atoms with E-state index in [2.05, 4.69) is 10.3 Å². The minimum atomic E-state index is -0.376. The first-order chi connectivity index (χ1) is 7.00. The van der Waals surface area contributed by atoms with Crippen LogP contribution in [0.3, 0.4) is 0 Å². The number of nitrogens with one attached hydrogen (secondary N) is 1. The van der Waals surface area contributed by atoms with Crippen LogP contribution in [0.4, 0.5) is 5.82 Å². The molecule has 15 heavy (non-hydrogen) atoms. The Hall–Kier alpha value is -1.58. The number of hydrogen-bond donors (Lipinski definition) is 2. The van der Waals surface area contributed by atoms with Gasteiger partial charge in [-0.05, 0) is 25.0 Å². The number of anilines is 1. The minimum Gasteiger partial charge on any atom is -0.368 e. The monoisotopic (exact) mass is 207 g/mol. The van der Waals surface area contributed by atoms with Crippen molar-refractivity contribution in [2.75, 3.05) is 5.32 Å². The highest BCUT2D eigenvalue weighted by molar-refractivity contribution is 5.82. The molecule has 0 aromatic carbocycles. The van der Waals surface area contributed by atoms with Crippen LogP contribution in [0, 0.1) is 12.8 Å². The van der Waals surface area contributed by atoms with E-state index in [0.717, 1.165) is 5.69 Å². The molecule has 4 heteroatoms. The van der Waals surface area contributed by atoms with Gasteiger partial charge in [-0.25, -0.2) is 4.98 Å². The van der Waals surface area contributed by atoms with Gasteiger partial charge in [-0.1, -0.05) is 19.9 Å². The predicted octanol–water partition coefficient (Wildman–Crippen LogP) is 1.31. The van der Waals surface area contributed by atoms with Crippen LogP contribution in [0.25, 0.3) is 0 Å². The summed E-state index contributed by atoms with van der Waals surface area (Å²) in [6.07, 6.45) is 0. The molecule has 1 aromatic rings. The Balaban J connectivity index is 2.79. The third-order valence-electron chi connectivity index (χ3n) is 2.16. The molecule has 1 rings (SSSR count). The Morgan fingerprint density at radius 3 is 2.60 bits per heavy atom. The van der Waals surface area contributed by atoms with E-state index >= 15 is 0 Å². The Labute approximate surface area is 89.9 Å². The fourth-order valence-corrected chi connectivity index (χ4v) is 1.35. The Bertz CT molecular complexity index is 349. The smallest absolute Gasteiger partial charge is 0.240 e. The van der Waals surface area contributed by atoms with Crippen molar-refractivity contribution in [1.29, 1.82) is 0 Å². The molecule has 1 aromatic heterocycles. The molecule has 0 bridgehead atoms. The van der Waals surface area contributed by atoms with Gasteiger partial charge in [0.25, 0.3) is 0 Å². The number of nitrogens with zero attached hydrogens (tertiary/aromatic N) is 1. The van der Waals surface area contributed by atoms with Crippen LogP contribution < -0.4 is 11.1 Å². The van der Waals surface area contributed by atoms with Gasteiger partial charge >= 0.3 is 0 Å². The van der Waals surface area contributed by atoms with Gasteiger partial charge in [0.1, 0.15) is 11.9 Å². The molecule has 0 aliphatic heterocycles. The summed E-state index contributed by atoms with van der Waals surface area (Å²) in [6, 6.07) is 5.24. The summed E-state index contributed by atoms with van der Waals surface area (Å²) >= 11 is 0. The van der Waals surface area contributed by atoms with E-state index in [0.29, 0.717) is 5.82 Å². The first-order valence-electron chi connectivity index (χ1n) is 5.00. The lowest BCUT2D eigenvalue weighted by Crippen LogP contribution is -2.39. The van der Waals surface area contributed by atoms with Crippen LogP contribution in [0.1, 0.15) is 19.5 Å². The van der Waals surface area contributed by atoms with Crippen LogP contribution in [0.2, 0.25) is 0 Å². The van der Waals surface area contributed by atoms with Crippen LogP contribution in [-0.2, 0) is 4.79 Å². The maximum Gasteiger partial charge on any atom is 0.240 e. The highest BCUT2D eigenvalue weighted by Gasteiger charge is 2.19. The van der Waals surface area contributed by atoms with Gasteiger partial charge in [0.2, 0.25) is 5.91 Å². The van der Waals surface area contributed by atoms with E-state index in [1.54, 1.807) is 0 Å². The van der Waals surface area contributed by atoms with Crippen molar-refractivity contribution in [1.82, 2.24) is 4.98 Å². The van der Waals surface area contributed by atoms with Crippen molar-refractivity contribution >= 4 is 11.7 Å². The summed E-state index contributed by atoms with van der Waals surface area (Å²) in [5.74, 6) is 0.477. The molecule has 0 radical (unpaired) electrons. The van der Waals surface area contributed by atoms with Crippen LogP contribution in [0.15, 0.2) is 18.2 Å². The van der Waals surface area contributed by atoms with E-state index in [-0.39, 0.29) is 17.9 Å². The molecule has 0 aliphatic carbocycles.